The molecule has 1 fully saturated rings. The van der Waals surface area contributed by atoms with Gasteiger partial charge in [-0.1, -0.05) is 13.8 Å². The number of carbonyl (C=O) groups excluding carboxylic acids is 1. The molecular formula is C19H24F3N5OS. The van der Waals surface area contributed by atoms with Crippen LogP contribution < -0.4 is 5.32 Å². The van der Waals surface area contributed by atoms with E-state index in [0.717, 1.165) is 17.5 Å². The first-order chi connectivity index (χ1) is 13.8. The topological polar surface area (TPSA) is 63.1 Å². The maximum atomic E-state index is 13.7. The second kappa shape index (κ2) is 7.62. The molecule has 10 heteroatoms. The highest BCUT2D eigenvalue weighted by Gasteiger charge is 2.47. The quantitative estimate of drug-likeness (QED) is 0.775. The van der Waals surface area contributed by atoms with Gasteiger partial charge >= 0.3 is 6.18 Å². The number of amides is 1. The van der Waals surface area contributed by atoms with Gasteiger partial charge in [-0.3, -0.25) is 4.79 Å². The highest BCUT2D eigenvalue weighted by molar-refractivity contribution is 7.07. The molecule has 0 bridgehead atoms. The Morgan fingerprint density at radius 1 is 1.34 bits per heavy atom. The zero-order valence-corrected chi connectivity index (χ0v) is 17.1. The Balaban J connectivity index is 1.68. The van der Waals surface area contributed by atoms with E-state index in [-0.39, 0.29) is 30.3 Å². The molecule has 0 saturated carbocycles. The number of carbonyl (C=O) groups is 1. The minimum Gasteiger partial charge on any atom is -0.367 e. The van der Waals surface area contributed by atoms with Gasteiger partial charge in [0.1, 0.15) is 11.5 Å². The highest BCUT2D eigenvalue weighted by atomic mass is 32.1. The number of halogens is 3. The number of piperidine rings is 1. The molecule has 4 rings (SSSR count). The molecule has 0 radical (unpaired) electrons. The predicted octanol–water partition coefficient (Wildman–Crippen LogP) is 4.65. The van der Waals surface area contributed by atoms with Gasteiger partial charge in [0.25, 0.3) is 5.91 Å². The van der Waals surface area contributed by atoms with Crippen LogP contribution in [-0.2, 0) is 0 Å². The molecule has 1 saturated heterocycles. The van der Waals surface area contributed by atoms with Gasteiger partial charge in [0.05, 0.1) is 17.2 Å². The summed E-state index contributed by atoms with van der Waals surface area (Å²) in [6.07, 6.45) is -1.99. The van der Waals surface area contributed by atoms with Crippen LogP contribution in [0.2, 0.25) is 0 Å². The minimum atomic E-state index is -4.38. The van der Waals surface area contributed by atoms with Crippen molar-refractivity contribution >= 4 is 23.1 Å². The molecule has 0 spiro atoms. The van der Waals surface area contributed by atoms with E-state index in [4.69, 9.17) is 0 Å². The zero-order valence-electron chi connectivity index (χ0n) is 16.3. The van der Waals surface area contributed by atoms with Gasteiger partial charge < -0.3 is 10.2 Å². The van der Waals surface area contributed by atoms with Crippen molar-refractivity contribution in [1.29, 1.82) is 0 Å². The molecule has 1 amide bonds. The standard InChI is InChI=1S/C19H24F3N5OS/c1-11(2)12-7-16(19(20,21)22)27-17(24-12)8-13(25-27)15-5-3-4-6-26(15)18(28)14-9-29-10-23-14/h8-12,15-16,24H,3-7H2,1-2H3/t12-,15?,16+/m0/s1. The molecule has 4 heterocycles. The molecule has 6 nitrogen and oxygen atoms in total. The summed E-state index contributed by atoms with van der Waals surface area (Å²) in [4.78, 5) is 18.7. The molecular weight excluding hydrogens is 403 g/mol. The summed E-state index contributed by atoms with van der Waals surface area (Å²) >= 11 is 1.34. The van der Waals surface area contributed by atoms with E-state index < -0.39 is 12.2 Å². The van der Waals surface area contributed by atoms with Gasteiger partial charge in [-0.25, -0.2) is 9.67 Å². The third-order valence-electron chi connectivity index (χ3n) is 5.80. The number of likely N-dealkylation sites (tertiary alicyclic amines) is 1. The molecule has 0 aromatic carbocycles. The van der Waals surface area contributed by atoms with Crippen LogP contribution in [0, 0.1) is 5.92 Å². The molecule has 29 heavy (non-hydrogen) atoms. The van der Waals surface area contributed by atoms with Crippen molar-refractivity contribution in [3.63, 3.8) is 0 Å². The first-order valence-electron chi connectivity index (χ1n) is 9.87. The fourth-order valence-corrected chi connectivity index (χ4v) is 4.70. The number of rotatable bonds is 3. The average molecular weight is 427 g/mol. The predicted molar refractivity (Wildman–Crippen MR) is 104 cm³/mol. The first kappa shape index (κ1) is 20.2. The second-order valence-electron chi connectivity index (χ2n) is 8.07. The monoisotopic (exact) mass is 427 g/mol. The summed E-state index contributed by atoms with van der Waals surface area (Å²) in [5.41, 5.74) is 2.48. The number of hydrogen-bond acceptors (Lipinski definition) is 5. The molecule has 2 aliphatic rings. The number of hydrogen-bond donors (Lipinski definition) is 1. The number of alkyl halides is 3. The van der Waals surface area contributed by atoms with Gasteiger partial charge in [-0.15, -0.1) is 11.3 Å². The van der Waals surface area contributed by atoms with E-state index in [1.807, 2.05) is 13.8 Å². The van der Waals surface area contributed by atoms with E-state index in [1.165, 1.54) is 11.3 Å². The summed E-state index contributed by atoms with van der Waals surface area (Å²) in [5, 5.41) is 9.26. The fraction of sp³-hybridized carbons (Fsp3) is 0.632. The lowest BCUT2D eigenvalue weighted by atomic mass is 9.94. The van der Waals surface area contributed by atoms with Crippen molar-refractivity contribution < 1.29 is 18.0 Å². The Morgan fingerprint density at radius 3 is 2.79 bits per heavy atom. The van der Waals surface area contributed by atoms with Crippen molar-refractivity contribution in [2.45, 2.75) is 63.8 Å². The first-order valence-corrected chi connectivity index (χ1v) is 10.8. The zero-order chi connectivity index (χ0) is 20.8. The maximum absolute atomic E-state index is 13.7. The third kappa shape index (κ3) is 3.86. The van der Waals surface area contributed by atoms with Gasteiger partial charge in [0.15, 0.2) is 6.04 Å². The largest absolute Gasteiger partial charge is 0.410 e. The van der Waals surface area contributed by atoms with E-state index >= 15 is 0 Å². The third-order valence-corrected chi connectivity index (χ3v) is 6.39. The SMILES string of the molecule is CC(C)[C@@H]1C[C@H](C(F)(F)F)n2nc(C3CCCCN3C(=O)c3cscn3)cc2N1. The molecule has 2 aromatic heterocycles. The summed E-state index contributed by atoms with van der Waals surface area (Å²) in [6, 6.07) is -0.599. The van der Waals surface area contributed by atoms with Crippen LogP contribution in [0.3, 0.4) is 0 Å². The number of fused-ring (bicyclic) bond motifs is 1. The summed E-state index contributed by atoms with van der Waals surface area (Å²) in [5.74, 6) is 0.241. The molecule has 2 aromatic rings. The smallest absolute Gasteiger partial charge is 0.367 e. The van der Waals surface area contributed by atoms with Gasteiger partial charge in [-0.05, 0) is 31.6 Å². The van der Waals surface area contributed by atoms with Gasteiger partial charge in [0.2, 0.25) is 0 Å². The van der Waals surface area contributed by atoms with Gasteiger partial charge in [0, 0.05) is 24.0 Å². The van der Waals surface area contributed by atoms with Gasteiger partial charge in [-0.2, -0.15) is 18.3 Å². The van der Waals surface area contributed by atoms with Crippen LogP contribution >= 0.6 is 11.3 Å². The second-order valence-corrected chi connectivity index (χ2v) is 8.79. The molecule has 0 aliphatic carbocycles. The van der Waals surface area contributed by atoms with Crippen LogP contribution in [0.15, 0.2) is 17.0 Å². The molecule has 2 aliphatic heterocycles. The van der Waals surface area contributed by atoms with E-state index in [2.05, 4.69) is 15.4 Å². The Hall–Kier alpha value is -2.10. The number of nitrogens with zero attached hydrogens (tertiary/aromatic N) is 4. The fourth-order valence-electron chi connectivity index (χ4n) is 4.17. The lowest BCUT2D eigenvalue weighted by Gasteiger charge is -2.35. The number of aromatic nitrogens is 3. The Morgan fingerprint density at radius 2 is 2.14 bits per heavy atom. The van der Waals surface area contributed by atoms with E-state index in [0.29, 0.717) is 30.2 Å². The van der Waals surface area contributed by atoms with Crippen LogP contribution in [-0.4, -0.2) is 44.3 Å². The van der Waals surface area contributed by atoms with Crippen molar-refractivity contribution in [2.75, 3.05) is 11.9 Å². The molecule has 3 atom stereocenters. The average Bonchev–Trinajstić information content (AvgIpc) is 3.35. The number of nitrogens with one attached hydrogen (secondary N) is 1. The van der Waals surface area contributed by atoms with Crippen molar-refractivity contribution in [3.05, 3.63) is 28.3 Å². The minimum absolute atomic E-state index is 0.0541. The molecule has 1 N–H and O–H groups in total. The summed E-state index contributed by atoms with van der Waals surface area (Å²) in [6.45, 7) is 4.37. The normalized spacial score (nSPS) is 25.0. The van der Waals surface area contributed by atoms with Crippen LogP contribution in [0.4, 0.5) is 19.0 Å². The van der Waals surface area contributed by atoms with Crippen LogP contribution in [0.1, 0.15) is 67.8 Å². The van der Waals surface area contributed by atoms with E-state index in [9.17, 15) is 18.0 Å². The Bertz CT molecular complexity index is 864. The number of anilines is 1. The maximum Gasteiger partial charge on any atom is 0.410 e. The van der Waals surface area contributed by atoms with Crippen LogP contribution in [0.5, 0.6) is 0 Å². The van der Waals surface area contributed by atoms with Crippen molar-refractivity contribution in [2.24, 2.45) is 5.92 Å². The Labute approximate surface area is 171 Å². The number of thiazole rings is 1. The Kier molecular flexibility index (Phi) is 5.30. The molecule has 158 valence electrons. The van der Waals surface area contributed by atoms with Crippen molar-refractivity contribution in [1.82, 2.24) is 19.7 Å². The highest BCUT2D eigenvalue weighted by Crippen LogP contribution is 2.42. The van der Waals surface area contributed by atoms with Crippen LogP contribution in [0.25, 0.3) is 0 Å². The van der Waals surface area contributed by atoms with Crippen molar-refractivity contribution in [3.8, 4) is 0 Å². The summed E-state index contributed by atoms with van der Waals surface area (Å²) < 4.78 is 42.3. The summed E-state index contributed by atoms with van der Waals surface area (Å²) in [7, 11) is 0. The molecule has 1 unspecified atom stereocenters. The lowest BCUT2D eigenvalue weighted by Crippen LogP contribution is -2.41. The lowest BCUT2D eigenvalue weighted by molar-refractivity contribution is -0.174. The van der Waals surface area contributed by atoms with E-state index in [1.54, 1.807) is 21.9 Å².